The Labute approximate surface area is 116 Å². The number of piperazine rings is 1. The molecule has 0 radical (unpaired) electrons. The molecule has 0 spiro atoms. The van der Waals surface area contributed by atoms with E-state index < -0.39 is 0 Å². The van der Waals surface area contributed by atoms with E-state index in [0.29, 0.717) is 5.54 Å². The molecule has 1 aliphatic heterocycles. The van der Waals surface area contributed by atoms with Gasteiger partial charge in [0.15, 0.2) is 0 Å². The molecule has 5 rings (SSSR count). The van der Waals surface area contributed by atoms with E-state index in [9.17, 15) is 0 Å². The molecule has 3 heteroatoms. The lowest BCUT2D eigenvalue weighted by Crippen LogP contribution is -2.63. The molecule has 4 bridgehead atoms. The van der Waals surface area contributed by atoms with Gasteiger partial charge < -0.3 is 4.90 Å². The zero-order valence-electron chi connectivity index (χ0n) is 11.2. The van der Waals surface area contributed by atoms with Gasteiger partial charge in [0.25, 0.3) is 0 Å². The van der Waals surface area contributed by atoms with E-state index in [0.717, 1.165) is 30.8 Å². The maximum absolute atomic E-state index is 5.06. The first-order chi connectivity index (χ1) is 8.77. The summed E-state index contributed by atoms with van der Waals surface area (Å²) < 4.78 is 0. The molecule has 0 aromatic carbocycles. The Balaban J connectivity index is 1.52. The van der Waals surface area contributed by atoms with Crippen molar-refractivity contribution in [3.63, 3.8) is 0 Å². The number of rotatable bonds is 2. The quantitative estimate of drug-likeness (QED) is 0.708. The lowest BCUT2D eigenvalue weighted by molar-refractivity contribution is -0.0968. The maximum atomic E-state index is 5.06. The summed E-state index contributed by atoms with van der Waals surface area (Å²) >= 11 is 5.06. The molecule has 1 heterocycles. The second-order valence-corrected chi connectivity index (χ2v) is 7.48. The number of hydrogen-bond acceptors (Lipinski definition) is 2. The van der Waals surface area contributed by atoms with Gasteiger partial charge in [-0.05, 0) is 56.3 Å². The third kappa shape index (κ3) is 1.74. The first kappa shape index (κ1) is 11.7. The molecule has 4 saturated carbocycles. The summed E-state index contributed by atoms with van der Waals surface area (Å²) in [6, 6.07) is 0. The second kappa shape index (κ2) is 4.17. The van der Waals surface area contributed by atoms with Crippen LogP contribution >= 0.6 is 12.2 Å². The third-order valence-corrected chi connectivity index (χ3v) is 6.44. The monoisotopic (exact) mass is 264 g/mol. The molecule has 0 N–H and O–H groups in total. The van der Waals surface area contributed by atoms with Crippen molar-refractivity contribution >= 4 is 17.7 Å². The molecule has 1 saturated heterocycles. The van der Waals surface area contributed by atoms with Crippen LogP contribution in [0.3, 0.4) is 0 Å². The fraction of sp³-hybridized carbons (Fsp3) is 0.933. The van der Waals surface area contributed by atoms with Gasteiger partial charge >= 0.3 is 0 Å². The van der Waals surface area contributed by atoms with Crippen LogP contribution in [0.4, 0.5) is 0 Å². The Morgan fingerprint density at radius 2 is 1.33 bits per heavy atom. The molecule has 18 heavy (non-hydrogen) atoms. The van der Waals surface area contributed by atoms with E-state index in [1.807, 2.05) is 5.49 Å². The summed E-state index contributed by atoms with van der Waals surface area (Å²) in [5, 5.41) is 0. The molecule has 0 aromatic rings. The Hall–Kier alpha value is -0.150. The first-order valence-electron chi connectivity index (χ1n) is 7.72. The molecule has 0 unspecified atom stereocenters. The van der Waals surface area contributed by atoms with Gasteiger partial charge in [0.1, 0.15) is 0 Å². The van der Waals surface area contributed by atoms with Crippen molar-refractivity contribution in [3.8, 4) is 0 Å². The van der Waals surface area contributed by atoms with Gasteiger partial charge in [0.2, 0.25) is 0 Å². The normalized spacial score (nSPS) is 47.6. The van der Waals surface area contributed by atoms with Crippen molar-refractivity contribution in [3.05, 3.63) is 0 Å². The lowest BCUT2D eigenvalue weighted by atomic mass is 9.52. The Bertz CT molecular complexity index is 311. The van der Waals surface area contributed by atoms with Gasteiger partial charge in [-0.25, -0.2) is 0 Å². The highest BCUT2D eigenvalue weighted by atomic mass is 32.1. The van der Waals surface area contributed by atoms with E-state index in [4.69, 9.17) is 12.2 Å². The van der Waals surface area contributed by atoms with Gasteiger partial charge in [0, 0.05) is 31.7 Å². The summed E-state index contributed by atoms with van der Waals surface area (Å²) in [4.78, 5) is 5.17. The standard InChI is InChI=1S/C15H24N2S/c18-11-16-1-3-17(4-2-16)15-8-12-5-13(9-15)7-14(6-12)10-15/h11-14H,1-10H2. The molecule has 5 fully saturated rings. The average Bonchev–Trinajstić information content (AvgIpc) is 2.37. The molecule has 0 atom stereocenters. The van der Waals surface area contributed by atoms with Crippen molar-refractivity contribution in [2.75, 3.05) is 26.2 Å². The predicted molar refractivity (Wildman–Crippen MR) is 77.7 cm³/mol. The molecular formula is C15H24N2S. The van der Waals surface area contributed by atoms with Gasteiger partial charge in [-0.1, -0.05) is 12.2 Å². The van der Waals surface area contributed by atoms with Crippen molar-refractivity contribution in [2.45, 2.75) is 44.1 Å². The van der Waals surface area contributed by atoms with Crippen LogP contribution in [0.5, 0.6) is 0 Å². The second-order valence-electron chi connectivity index (χ2n) is 7.27. The minimum absolute atomic E-state index is 0.613. The third-order valence-electron chi connectivity index (χ3n) is 6.14. The molecule has 2 nitrogen and oxygen atoms in total. The van der Waals surface area contributed by atoms with Gasteiger partial charge in [-0.15, -0.1) is 0 Å². The van der Waals surface area contributed by atoms with E-state index in [-0.39, 0.29) is 0 Å². The maximum Gasteiger partial charge on any atom is 0.0641 e. The SMILES string of the molecule is S=CN1CCN(C23CC4CC(CC(C4)C2)C3)CC1. The highest BCUT2D eigenvalue weighted by Crippen LogP contribution is 2.57. The van der Waals surface area contributed by atoms with Crippen LogP contribution in [0.2, 0.25) is 0 Å². The summed E-state index contributed by atoms with van der Waals surface area (Å²) in [7, 11) is 0. The van der Waals surface area contributed by atoms with E-state index in [2.05, 4.69) is 9.80 Å². The Morgan fingerprint density at radius 1 is 0.833 bits per heavy atom. The van der Waals surface area contributed by atoms with Crippen LogP contribution in [0.1, 0.15) is 38.5 Å². The van der Waals surface area contributed by atoms with Crippen LogP contribution in [0.15, 0.2) is 0 Å². The van der Waals surface area contributed by atoms with Crippen molar-refractivity contribution in [1.29, 1.82) is 0 Å². The fourth-order valence-electron chi connectivity index (χ4n) is 5.75. The van der Waals surface area contributed by atoms with E-state index in [1.165, 1.54) is 32.4 Å². The molecule has 4 aliphatic carbocycles. The molecule has 0 aromatic heterocycles. The smallest absolute Gasteiger partial charge is 0.0641 e. The number of thiocarbonyl (C=S) groups is 1. The van der Waals surface area contributed by atoms with Crippen LogP contribution in [-0.4, -0.2) is 47.0 Å². The highest BCUT2D eigenvalue weighted by molar-refractivity contribution is 7.78. The van der Waals surface area contributed by atoms with Crippen molar-refractivity contribution < 1.29 is 0 Å². The summed E-state index contributed by atoms with van der Waals surface area (Å²) in [6.07, 6.45) is 9.20. The Kier molecular flexibility index (Phi) is 2.70. The van der Waals surface area contributed by atoms with Gasteiger partial charge in [-0.3, -0.25) is 4.90 Å². The van der Waals surface area contributed by atoms with Crippen LogP contribution < -0.4 is 0 Å². The lowest BCUT2D eigenvalue weighted by Gasteiger charge is -2.61. The summed E-state index contributed by atoms with van der Waals surface area (Å²) in [6.45, 7) is 4.81. The number of nitrogens with zero attached hydrogens (tertiary/aromatic N) is 2. The zero-order valence-corrected chi connectivity index (χ0v) is 12.0. The van der Waals surface area contributed by atoms with E-state index >= 15 is 0 Å². The largest absolute Gasteiger partial charge is 0.366 e. The van der Waals surface area contributed by atoms with Crippen LogP contribution in [0.25, 0.3) is 0 Å². The minimum atomic E-state index is 0.613. The predicted octanol–water partition coefficient (Wildman–Crippen LogP) is 2.53. The summed E-state index contributed by atoms with van der Waals surface area (Å²) in [5.74, 6) is 3.21. The highest BCUT2D eigenvalue weighted by Gasteiger charge is 2.53. The van der Waals surface area contributed by atoms with E-state index in [1.54, 1.807) is 19.3 Å². The van der Waals surface area contributed by atoms with Gasteiger partial charge in [0.05, 0.1) is 5.49 Å². The molecule has 5 aliphatic rings. The number of hydrogen-bond donors (Lipinski definition) is 0. The Morgan fingerprint density at radius 3 is 1.78 bits per heavy atom. The minimum Gasteiger partial charge on any atom is -0.366 e. The molecule has 100 valence electrons. The summed E-state index contributed by atoms with van der Waals surface area (Å²) in [5.41, 5.74) is 2.47. The topological polar surface area (TPSA) is 6.48 Å². The van der Waals surface area contributed by atoms with Gasteiger partial charge in [-0.2, -0.15) is 0 Å². The zero-order chi connectivity index (χ0) is 12.2. The van der Waals surface area contributed by atoms with Crippen molar-refractivity contribution in [2.24, 2.45) is 17.8 Å². The molecular weight excluding hydrogens is 240 g/mol. The van der Waals surface area contributed by atoms with Crippen LogP contribution in [0, 0.1) is 17.8 Å². The first-order valence-corrected chi connectivity index (χ1v) is 8.19. The average molecular weight is 264 g/mol. The molecule has 0 amide bonds. The van der Waals surface area contributed by atoms with Crippen LogP contribution in [-0.2, 0) is 0 Å². The fourth-order valence-corrected chi connectivity index (χ4v) is 5.96. The van der Waals surface area contributed by atoms with Crippen molar-refractivity contribution in [1.82, 2.24) is 9.80 Å².